The van der Waals surface area contributed by atoms with E-state index < -0.39 is 0 Å². The molecule has 7 nitrogen and oxygen atoms in total. The van der Waals surface area contributed by atoms with Crippen LogP contribution in [0.2, 0.25) is 0 Å². The quantitative estimate of drug-likeness (QED) is 0.412. The van der Waals surface area contributed by atoms with Gasteiger partial charge in [0.05, 0.1) is 4.88 Å². The smallest absolute Gasteiger partial charge is 0.180 e. The Morgan fingerprint density at radius 1 is 1.06 bits per heavy atom. The third kappa shape index (κ3) is 4.73. The minimum absolute atomic E-state index is 0.572. The molecule has 3 aromatic heterocycles. The number of nitrogens with zero attached hydrogens (tertiary/aromatic N) is 5. The SMILES string of the molecule is C=C(Nc1cc2cc(-c3cnc(N)s3)ccc2cn1)c1ccnc(N2CCC(N(C)C)CC2)c1. The molecule has 1 aromatic carbocycles. The first-order valence-corrected chi connectivity index (χ1v) is 12.2. The zero-order valence-corrected chi connectivity index (χ0v) is 20.3. The number of anilines is 3. The van der Waals surface area contributed by atoms with E-state index in [1.54, 1.807) is 0 Å². The summed E-state index contributed by atoms with van der Waals surface area (Å²) in [7, 11) is 4.32. The number of nitrogens with one attached hydrogen (secondary N) is 1. The highest BCUT2D eigenvalue weighted by atomic mass is 32.1. The number of aromatic nitrogens is 3. The van der Waals surface area contributed by atoms with Crippen LogP contribution >= 0.6 is 11.3 Å². The number of nitrogens with two attached hydrogens (primary N) is 1. The Morgan fingerprint density at radius 3 is 2.62 bits per heavy atom. The van der Waals surface area contributed by atoms with Crippen molar-refractivity contribution in [2.45, 2.75) is 18.9 Å². The number of hydrogen-bond acceptors (Lipinski definition) is 8. The van der Waals surface area contributed by atoms with Crippen LogP contribution in [0, 0.1) is 0 Å². The van der Waals surface area contributed by atoms with Crippen molar-refractivity contribution in [2.75, 3.05) is 43.1 Å². The highest BCUT2D eigenvalue weighted by molar-refractivity contribution is 7.18. The summed E-state index contributed by atoms with van der Waals surface area (Å²) in [5, 5.41) is 6.11. The van der Waals surface area contributed by atoms with Crippen LogP contribution in [0.5, 0.6) is 0 Å². The number of thiazole rings is 1. The summed E-state index contributed by atoms with van der Waals surface area (Å²) in [5.74, 6) is 1.75. The van der Waals surface area contributed by atoms with Crippen LogP contribution in [0.15, 0.2) is 61.6 Å². The summed E-state index contributed by atoms with van der Waals surface area (Å²) in [6.45, 7) is 6.29. The van der Waals surface area contributed by atoms with Gasteiger partial charge in [0.25, 0.3) is 0 Å². The fraction of sp³-hybridized carbons (Fsp3) is 0.269. The van der Waals surface area contributed by atoms with Crippen LogP contribution in [0.1, 0.15) is 18.4 Å². The van der Waals surface area contributed by atoms with Gasteiger partial charge < -0.3 is 20.9 Å². The van der Waals surface area contributed by atoms with E-state index in [4.69, 9.17) is 5.73 Å². The summed E-state index contributed by atoms with van der Waals surface area (Å²) in [6.07, 6.45) is 7.84. The van der Waals surface area contributed by atoms with Gasteiger partial charge in [0.2, 0.25) is 0 Å². The molecule has 4 heterocycles. The highest BCUT2D eigenvalue weighted by Gasteiger charge is 2.21. The fourth-order valence-corrected chi connectivity index (χ4v) is 5.08. The average Bonchev–Trinajstić information content (AvgIpc) is 3.30. The molecule has 0 radical (unpaired) electrons. The molecule has 0 saturated carbocycles. The number of rotatable bonds is 6. The lowest BCUT2D eigenvalue weighted by molar-refractivity contribution is 0.249. The van der Waals surface area contributed by atoms with Crippen LogP contribution in [0.25, 0.3) is 26.9 Å². The van der Waals surface area contributed by atoms with Gasteiger partial charge in [-0.3, -0.25) is 0 Å². The predicted molar refractivity (Wildman–Crippen MR) is 143 cm³/mol. The number of fused-ring (bicyclic) bond motifs is 1. The van der Waals surface area contributed by atoms with E-state index >= 15 is 0 Å². The Kier molecular flexibility index (Phi) is 6.17. The molecule has 8 heteroatoms. The fourth-order valence-electron chi connectivity index (χ4n) is 4.40. The first-order valence-electron chi connectivity index (χ1n) is 11.4. The second-order valence-corrected chi connectivity index (χ2v) is 9.94. The molecule has 174 valence electrons. The minimum Gasteiger partial charge on any atom is -0.375 e. The average molecular weight is 472 g/mol. The van der Waals surface area contributed by atoms with Gasteiger partial charge in [0, 0.05) is 54.4 Å². The van der Waals surface area contributed by atoms with Gasteiger partial charge in [0.15, 0.2) is 5.13 Å². The Labute approximate surface area is 204 Å². The normalized spacial score (nSPS) is 14.6. The Balaban J connectivity index is 1.32. The van der Waals surface area contributed by atoms with Gasteiger partial charge in [-0.1, -0.05) is 30.0 Å². The molecule has 1 saturated heterocycles. The number of piperidine rings is 1. The second kappa shape index (κ2) is 9.40. The first kappa shape index (κ1) is 22.3. The van der Waals surface area contributed by atoms with Crippen molar-refractivity contribution in [2.24, 2.45) is 0 Å². The van der Waals surface area contributed by atoms with Gasteiger partial charge in [-0.2, -0.15) is 0 Å². The van der Waals surface area contributed by atoms with E-state index in [1.165, 1.54) is 11.3 Å². The van der Waals surface area contributed by atoms with Crippen molar-refractivity contribution in [3.8, 4) is 10.4 Å². The highest BCUT2D eigenvalue weighted by Crippen LogP contribution is 2.31. The molecule has 0 spiro atoms. The van der Waals surface area contributed by atoms with Crippen LogP contribution in [0.4, 0.5) is 16.8 Å². The molecule has 0 atom stereocenters. The molecule has 0 aliphatic carbocycles. The van der Waals surface area contributed by atoms with Gasteiger partial charge in [0.1, 0.15) is 11.6 Å². The van der Waals surface area contributed by atoms with Crippen LogP contribution in [-0.4, -0.2) is 53.1 Å². The summed E-state index contributed by atoms with van der Waals surface area (Å²) >= 11 is 1.48. The molecule has 0 amide bonds. The first-order chi connectivity index (χ1) is 16.5. The van der Waals surface area contributed by atoms with Crippen molar-refractivity contribution in [3.05, 3.63) is 67.1 Å². The number of benzene rings is 1. The molecular weight excluding hydrogens is 442 g/mol. The zero-order valence-electron chi connectivity index (χ0n) is 19.5. The molecule has 5 rings (SSSR count). The lowest BCUT2D eigenvalue weighted by Gasteiger charge is -2.36. The maximum absolute atomic E-state index is 5.81. The largest absolute Gasteiger partial charge is 0.375 e. The Bertz CT molecular complexity index is 1320. The molecule has 1 aliphatic heterocycles. The van der Waals surface area contributed by atoms with Crippen LogP contribution in [0.3, 0.4) is 0 Å². The van der Waals surface area contributed by atoms with Gasteiger partial charge in [-0.05, 0) is 62.2 Å². The van der Waals surface area contributed by atoms with Crippen molar-refractivity contribution in [1.29, 1.82) is 0 Å². The molecule has 34 heavy (non-hydrogen) atoms. The van der Waals surface area contributed by atoms with E-state index in [0.29, 0.717) is 11.2 Å². The van der Waals surface area contributed by atoms with Crippen molar-refractivity contribution < 1.29 is 0 Å². The van der Waals surface area contributed by atoms with Crippen molar-refractivity contribution in [1.82, 2.24) is 19.9 Å². The Morgan fingerprint density at radius 2 is 1.88 bits per heavy atom. The third-order valence-corrected chi connectivity index (χ3v) is 7.30. The van der Waals surface area contributed by atoms with Crippen molar-refractivity contribution >= 4 is 44.6 Å². The molecule has 0 unspecified atom stereocenters. The lowest BCUT2D eigenvalue weighted by atomic mass is 10.0. The van der Waals surface area contributed by atoms with Gasteiger partial charge >= 0.3 is 0 Å². The van der Waals surface area contributed by atoms with Crippen molar-refractivity contribution in [3.63, 3.8) is 0 Å². The van der Waals surface area contributed by atoms with E-state index in [1.807, 2.05) is 30.7 Å². The maximum Gasteiger partial charge on any atom is 0.180 e. The van der Waals surface area contributed by atoms with E-state index in [-0.39, 0.29) is 0 Å². The maximum atomic E-state index is 5.81. The summed E-state index contributed by atoms with van der Waals surface area (Å²) in [5.41, 5.74) is 8.71. The number of pyridine rings is 2. The molecule has 1 fully saturated rings. The standard InChI is InChI=1S/C26H29N7S/c1-17(18-6-9-28-25(14-18)33-10-7-22(8-11-33)32(2)3)31-24-13-21-12-19(4-5-20(21)15-29-24)23-16-30-26(27)34-23/h4-6,9,12-16,22H,1,7-8,10-11H2,2-3H3,(H2,27,30)(H,29,31). The van der Waals surface area contributed by atoms with Crippen LogP contribution < -0.4 is 16.0 Å². The van der Waals surface area contributed by atoms with Gasteiger partial charge in [-0.25, -0.2) is 15.0 Å². The molecule has 4 aromatic rings. The zero-order chi connectivity index (χ0) is 23.7. The van der Waals surface area contributed by atoms with Crippen LogP contribution in [-0.2, 0) is 0 Å². The van der Waals surface area contributed by atoms with E-state index in [9.17, 15) is 0 Å². The van der Waals surface area contributed by atoms with Gasteiger partial charge in [-0.15, -0.1) is 0 Å². The monoisotopic (exact) mass is 471 g/mol. The molecular formula is C26H29N7S. The molecule has 0 bridgehead atoms. The number of nitrogen functional groups attached to an aromatic ring is 1. The predicted octanol–water partition coefficient (Wildman–Crippen LogP) is 4.95. The summed E-state index contributed by atoms with van der Waals surface area (Å²) < 4.78 is 0. The van der Waals surface area contributed by atoms with E-state index in [0.717, 1.165) is 70.0 Å². The topological polar surface area (TPSA) is 83.2 Å². The number of hydrogen-bond donors (Lipinski definition) is 2. The Hall–Kier alpha value is -3.49. The molecule has 3 N–H and O–H groups in total. The third-order valence-electron chi connectivity index (χ3n) is 6.42. The summed E-state index contributed by atoms with van der Waals surface area (Å²) in [6, 6.07) is 13.1. The molecule has 1 aliphatic rings. The minimum atomic E-state index is 0.572. The van der Waals surface area contributed by atoms with E-state index in [2.05, 4.69) is 75.0 Å². The lowest BCUT2D eigenvalue weighted by Crippen LogP contribution is -2.42. The second-order valence-electron chi connectivity index (χ2n) is 8.88. The summed E-state index contributed by atoms with van der Waals surface area (Å²) in [4.78, 5) is 19.1.